The van der Waals surface area contributed by atoms with Gasteiger partial charge in [-0.1, -0.05) is 32.9 Å². The Morgan fingerprint density at radius 3 is 2.29 bits per heavy atom. The quantitative estimate of drug-likeness (QED) is 0.690. The van der Waals surface area contributed by atoms with Crippen LogP contribution in [0.4, 0.5) is 0 Å². The Morgan fingerprint density at radius 1 is 1.14 bits per heavy atom. The van der Waals surface area contributed by atoms with Crippen molar-refractivity contribution < 1.29 is 9.53 Å². The van der Waals surface area contributed by atoms with Gasteiger partial charge >= 0.3 is 0 Å². The Kier molecular flexibility index (Phi) is 5.98. The lowest BCUT2D eigenvalue weighted by Gasteiger charge is -2.15. The standard InChI is InChI=1S/C19H28O2/c1-4-14-12-15(5-2)19(16(6-3)13-14)18(20)10-9-17-8-7-11-21-17/h12-13,17H,4-11H2,1-3H3. The minimum Gasteiger partial charge on any atom is -0.378 e. The average molecular weight is 288 g/mol. The fraction of sp³-hybridized carbons (Fsp3) is 0.632. The Hall–Kier alpha value is -1.15. The highest BCUT2D eigenvalue weighted by atomic mass is 16.5. The molecule has 0 N–H and O–H groups in total. The van der Waals surface area contributed by atoms with Crippen molar-refractivity contribution in [1.29, 1.82) is 0 Å². The molecule has 21 heavy (non-hydrogen) atoms. The second-order valence-electron chi connectivity index (χ2n) is 5.95. The van der Waals surface area contributed by atoms with Crippen LogP contribution in [0.25, 0.3) is 0 Å². The Bertz CT molecular complexity index is 459. The SMILES string of the molecule is CCc1cc(CC)c(C(=O)CCC2CCCO2)c(CC)c1. The minimum absolute atomic E-state index is 0.305. The summed E-state index contributed by atoms with van der Waals surface area (Å²) in [7, 11) is 0. The normalized spacial score (nSPS) is 18.1. The van der Waals surface area contributed by atoms with Crippen LogP contribution in [-0.4, -0.2) is 18.5 Å². The van der Waals surface area contributed by atoms with E-state index in [0.29, 0.717) is 18.3 Å². The van der Waals surface area contributed by atoms with Crippen molar-refractivity contribution in [3.63, 3.8) is 0 Å². The van der Waals surface area contributed by atoms with Crippen LogP contribution < -0.4 is 0 Å². The van der Waals surface area contributed by atoms with Gasteiger partial charge in [0.2, 0.25) is 0 Å². The average Bonchev–Trinajstić information content (AvgIpc) is 3.04. The molecule has 0 amide bonds. The summed E-state index contributed by atoms with van der Waals surface area (Å²) in [4.78, 5) is 12.7. The van der Waals surface area contributed by atoms with Crippen LogP contribution in [0.5, 0.6) is 0 Å². The maximum absolute atomic E-state index is 12.7. The number of hydrogen-bond acceptors (Lipinski definition) is 2. The number of ketones is 1. The minimum atomic E-state index is 0.305. The Balaban J connectivity index is 2.17. The van der Waals surface area contributed by atoms with Crippen molar-refractivity contribution in [2.45, 2.75) is 71.8 Å². The van der Waals surface area contributed by atoms with Crippen molar-refractivity contribution in [2.75, 3.05) is 6.61 Å². The number of aryl methyl sites for hydroxylation is 3. The van der Waals surface area contributed by atoms with Crippen LogP contribution in [0.2, 0.25) is 0 Å². The third-order valence-electron chi connectivity index (χ3n) is 4.53. The lowest BCUT2D eigenvalue weighted by atomic mass is 9.89. The zero-order valence-corrected chi connectivity index (χ0v) is 13.7. The Morgan fingerprint density at radius 2 is 1.81 bits per heavy atom. The van der Waals surface area contributed by atoms with Crippen molar-refractivity contribution in [3.05, 3.63) is 34.4 Å². The third-order valence-corrected chi connectivity index (χ3v) is 4.53. The molecule has 1 atom stereocenters. The summed E-state index contributed by atoms with van der Waals surface area (Å²) in [6.07, 6.45) is 6.96. The molecule has 1 aromatic carbocycles. The zero-order chi connectivity index (χ0) is 15.2. The fourth-order valence-electron chi connectivity index (χ4n) is 3.25. The van der Waals surface area contributed by atoms with Crippen LogP contribution in [-0.2, 0) is 24.0 Å². The molecule has 116 valence electrons. The van der Waals surface area contributed by atoms with Crippen molar-refractivity contribution in [2.24, 2.45) is 0 Å². The molecule has 1 fully saturated rings. The topological polar surface area (TPSA) is 26.3 Å². The van der Waals surface area contributed by atoms with E-state index in [0.717, 1.165) is 50.7 Å². The van der Waals surface area contributed by atoms with E-state index in [-0.39, 0.29) is 0 Å². The van der Waals surface area contributed by atoms with Crippen LogP contribution in [0, 0.1) is 0 Å². The first-order valence-corrected chi connectivity index (χ1v) is 8.49. The molecule has 1 aliphatic rings. The molecule has 0 spiro atoms. The third kappa shape index (κ3) is 3.94. The predicted molar refractivity (Wildman–Crippen MR) is 87.1 cm³/mol. The van der Waals surface area contributed by atoms with Gasteiger partial charge < -0.3 is 4.74 Å². The van der Waals surface area contributed by atoms with E-state index in [9.17, 15) is 4.79 Å². The molecule has 0 aromatic heterocycles. The maximum Gasteiger partial charge on any atom is 0.163 e. The van der Waals surface area contributed by atoms with Gasteiger partial charge in [0, 0.05) is 18.6 Å². The van der Waals surface area contributed by atoms with Crippen LogP contribution in [0.1, 0.15) is 73.5 Å². The van der Waals surface area contributed by atoms with Crippen molar-refractivity contribution >= 4 is 5.78 Å². The first-order chi connectivity index (χ1) is 10.2. The molecule has 1 heterocycles. The summed E-state index contributed by atoms with van der Waals surface area (Å²) in [6, 6.07) is 4.44. The van der Waals surface area contributed by atoms with E-state index < -0.39 is 0 Å². The zero-order valence-electron chi connectivity index (χ0n) is 13.7. The van der Waals surface area contributed by atoms with E-state index >= 15 is 0 Å². The van der Waals surface area contributed by atoms with Gasteiger partial charge in [0.25, 0.3) is 0 Å². The van der Waals surface area contributed by atoms with Gasteiger partial charge in [-0.3, -0.25) is 4.79 Å². The highest BCUT2D eigenvalue weighted by Crippen LogP contribution is 2.24. The molecule has 2 rings (SSSR count). The summed E-state index contributed by atoms with van der Waals surface area (Å²) in [6.45, 7) is 7.33. The van der Waals surface area contributed by atoms with Gasteiger partial charge in [-0.05, 0) is 55.2 Å². The molecule has 0 radical (unpaired) electrons. The summed E-state index contributed by atoms with van der Waals surface area (Å²) in [5, 5.41) is 0. The van der Waals surface area contributed by atoms with Crippen LogP contribution in [0.3, 0.4) is 0 Å². The molecule has 2 heteroatoms. The van der Waals surface area contributed by atoms with Crippen molar-refractivity contribution in [1.82, 2.24) is 0 Å². The van der Waals surface area contributed by atoms with Gasteiger partial charge in [0.05, 0.1) is 6.10 Å². The van der Waals surface area contributed by atoms with Gasteiger partial charge in [0.15, 0.2) is 5.78 Å². The summed E-state index contributed by atoms with van der Waals surface area (Å²) >= 11 is 0. The number of carbonyl (C=O) groups excluding carboxylic acids is 1. The number of carbonyl (C=O) groups is 1. The molecule has 0 bridgehead atoms. The predicted octanol–water partition coefficient (Wildman–Crippen LogP) is 4.52. The van der Waals surface area contributed by atoms with Gasteiger partial charge in [-0.25, -0.2) is 0 Å². The van der Waals surface area contributed by atoms with Crippen molar-refractivity contribution in [3.8, 4) is 0 Å². The number of rotatable bonds is 7. The molecule has 0 aliphatic carbocycles. The molecule has 1 aromatic rings. The molecule has 2 nitrogen and oxygen atoms in total. The first-order valence-electron chi connectivity index (χ1n) is 8.49. The monoisotopic (exact) mass is 288 g/mol. The highest BCUT2D eigenvalue weighted by molar-refractivity contribution is 5.99. The fourth-order valence-corrected chi connectivity index (χ4v) is 3.25. The number of Topliss-reactive ketones (excluding diaryl/α,β-unsaturated/α-hetero) is 1. The lowest BCUT2D eigenvalue weighted by Crippen LogP contribution is -2.13. The number of benzene rings is 1. The van der Waals surface area contributed by atoms with E-state index in [2.05, 4.69) is 32.9 Å². The molecule has 0 saturated carbocycles. The van der Waals surface area contributed by atoms with Gasteiger partial charge in [-0.2, -0.15) is 0 Å². The number of ether oxygens (including phenoxy) is 1. The molecule has 1 aliphatic heterocycles. The van der Waals surface area contributed by atoms with Gasteiger partial charge in [-0.15, -0.1) is 0 Å². The maximum atomic E-state index is 12.7. The molecule has 1 unspecified atom stereocenters. The second kappa shape index (κ2) is 7.74. The highest BCUT2D eigenvalue weighted by Gasteiger charge is 2.20. The summed E-state index contributed by atoms with van der Waals surface area (Å²) in [5.74, 6) is 0.307. The van der Waals surface area contributed by atoms with E-state index in [1.165, 1.54) is 16.7 Å². The molecular formula is C19H28O2. The summed E-state index contributed by atoms with van der Waals surface area (Å²) < 4.78 is 5.64. The van der Waals surface area contributed by atoms with Crippen LogP contribution >= 0.6 is 0 Å². The Labute approximate surface area is 128 Å². The molecular weight excluding hydrogens is 260 g/mol. The van der Waals surface area contributed by atoms with Gasteiger partial charge in [0.1, 0.15) is 0 Å². The largest absolute Gasteiger partial charge is 0.378 e. The second-order valence-corrected chi connectivity index (χ2v) is 5.95. The van der Waals surface area contributed by atoms with E-state index in [1.54, 1.807) is 0 Å². The summed E-state index contributed by atoms with van der Waals surface area (Å²) in [5.41, 5.74) is 4.79. The smallest absolute Gasteiger partial charge is 0.163 e. The van der Waals surface area contributed by atoms with E-state index in [4.69, 9.17) is 4.74 Å². The van der Waals surface area contributed by atoms with Crippen LogP contribution in [0.15, 0.2) is 12.1 Å². The first kappa shape index (κ1) is 16.2. The van der Waals surface area contributed by atoms with E-state index in [1.807, 2.05) is 0 Å². The number of hydrogen-bond donors (Lipinski definition) is 0. The molecule has 1 saturated heterocycles. The lowest BCUT2D eigenvalue weighted by molar-refractivity contribution is 0.0858.